The van der Waals surface area contributed by atoms with E-state index in [9.17, 15) is 4.39 Å². The maximum atomic E-state index is 13.8. The minimum atomic E-state index is -0.428. The van der Waals surface area contributed by atoms with Crippen LogP contribution in [0, 0.1) is 5.82 Å². The SMILES string of the molecule is Fc1cc(Cl)cnc1NC1CCN(c2nccc(C3CC3)n2)C1. The van der Waals surface area contributed by atoms with Gasteiger partial charge in [0.25, 0.3) is 0 Å². The molecule has 7 heteroatoms. The Balaban J connectivity index is 1.43. The smallest absolute Gasteiger partial charge is 0.225 e. The molecule has 1 aliphatic carbocycles. The van der Waals surface area contributed by atoms with Gasteiger partial charge < -0.3 is 10.2 Å². The van der Waals surface area contributed by atoms with Crippen molar-refractivity contribution in [3.05, 3.63) is 41.1 Å². The average molecular weight is 334 g/mol. The number of hydrogen-bond donors (Lipinski definition) is 1. The van der Waals surface area contributed by atoms with E-state index >= 15 is 0 Å². The molecule has 23 heavy (non-hydrogen) atoms. The van der Waals surface area contributed by atoms with Crippen molar-refractivity contribution in [1.82, 2.24) is 15.0 Å². The van der Waals surface area contributed by atoms with Gasteiger partial charge in [-0.15, -0.1) is 0 Å². The van der Waals surface area contributed by atoms with Crippen LogP contribution in [-0.2, 0) is 0 Å². The van der Waals surface area contributed by atoms with Gasteiger partial charge in [0, 0.05) is 43.1 Å². The van der Waals surface area contributed by atoms with E-state index < -0.39 is 5.82 Å². The molecule has 2 aromatic rings. The third-order valence-electron chi connectivity index (χ3n) is 4.28. The second-order valence-corrected chi connectivity index (χ2v) is 6.55. The van der Waals surface area contributed by atoms with Crippen LogP contribution >= 0.6 is 11.6 Å². The van der Waals surface area contributed by atoms with Crippen molar-refractivity contribution in [2.45, 2.75) is 31.2 Å². The first-order valence-electron chi connectivity index (χ1n) is 7.84. The van der Waals surface area contributed by atoms with Crippen LogP contribution in [0.2, 0.25) is 5.02 Å². The van der Waals surface area contributed by atoms with Crippen molar-refractivity contribution < 1.29 is 4.39 Å². The van der Waals surface area contributed by atoms with Gasteiger partial charge in [-0.25, -0.2) is 19.3 Å². The molecular formula is C16H17ClFN5. The number of anilines is 2. The van der Waals surface area contributed by atoms with E-state index in [4.69, 9.17) is 11.6 Å². The molecule has 1 unspecified atom stereocenters. The van der Waals surface area contributed by atoms with Crippen molar-refractivity contribution in [1.29, 1.82) is 0 Å². The number of rotatable bonds is 4. The van der Waals surface area contributed by atoms with Crippen LogP contribution in [-0.4, -0.2) is 34.1 Å². The van der Waals surface area contributed by atoms with E-state index in [1.54, 1.807) is 0 Å². The third kappa shape index (κ3) is 3.22. The minimum Gasteiger partial charge on any atom is -0.363 e. The average Bonchev–Trinajstić information content (AvgIpc) is 3.30. The Labute approximate surface area is 138 Å². The van der Waals surface area contributed by atoms with Crippen molar-refractivity contribution in [2.24, 2.45) is 0 Å². The van der Waals surface area contributed by atoms with Gasteiger partial charge in [0.2, 0.25) is 5.95 Å². The molecule has 4 rings (SSSR count). The Morgan fingerprint density at radius 2 is 2.13 bits per heavy atom. The van der Waals surface area contributed by atoms with Crippen LogP contribution in [0.4, 0.5) is 16.2 Å². The number of halogens is 2. The van der Waals surface area contributed by atoms with E-state index in [2.05, 4.69) is 25.2 Å². The summed E-state index contributed by atoms with van der Waals surface area (Å²) in [6, 6.07) is 3.39. The van der Waals surface area contributed by atoms with Gasteiger partial charge in [-0.05, 0) is 31.4 Å². The third-order valence-corrected chi connectivity index (χ3v) is 4.49. The monoisotopic (exact) mass is 333 g/mol. The fraction of sp³-hybridized carbons (Fsp3) is 0.438. The van der Waals surface area contributed by atoms with Crippen molar-refractivity contribution in [2.75, 3.05) is 23.3 Å². The number of hydrogen-bond acceptors (Lipinski definition) is 5. The summed E-state index contributed by atoms with van der Waals surface area (Å²) >= 11 is 5.73. The molecule has 1 saturated carbocycles. The molecule has 1 aliphatic heterocycles. The highest BCUT2D eigenvalue weighted by Crippen LogP contribution is 2.39. The fourth-order valence-corrected chi connectivity index (χ4v) is 3.04. The molecule has 2 aliphatic rings. The Bertz CT molecular complexity index is 721. The second kappa shape index (κ2) is 5.92. The van der Waals surface area contributed by atoms with Crippen LogP contribution in [0.15, 0.2) is 24.5 Å². The molecule has 0 spiro atoms. The summed E-state index contributed by atoms with van der Waals surface area (Å²) in [6.45, 7) is 1.58. The molecule has 0 bridgehead atoms. The van der Waals surface area contributed by atoms with Gasteiger partial charge in [0.15, 0.2) is 11.6 Å². The van der Waals surface area contributed by atoms with E-state index in [-0.39, 0.29) is 11.9 Å². The summed E-state index contributed by atoms with van der Waals surface area (Å²) in [5.41, 5.74) is 1.14. The lowest BCUT2D eigenvalue weighted by molar-refractivity contribution is 0.620. The zero-order valence-corrected chi connectivity index (χ0v) is 13.3. The molecule has 120 valence electrons. The highest BCUT2D eigenvalue weighted by Gasteiger charge is 2.28. The van der Waals surface area contributed by atoms with E-state index in [1.807, 2.05) is 12.3 Å². The van der Waals surface area contributed by atoms with Crippen molar-refractivity contribution in [3.63, 3.8) is 0 Å². The van der Waals surface area contributed by atoms with Crippen molar-refractivity contribution >= 4 is 23.4 Å². The number of nitrogens with zero attached hydrogens (tertiary/aromatic N) is 4. The van der Waals surface area contributed by atoms with Gasteiger partial charge in [-0.2, -0.15) is 0 Å². The Morgan fingerprint density at radius 1 is 1.26 bits per heavy atom. The molecule has 1 atom stereocenters. The Morgan fingerprint density at radius 3 is 2.91 bits per heavy atom. The van der Waals surface area contributed by atoms with E-state index in [1.165, 1.54) is 25.1 Å². The summed E-state index contributed by atoms with van der Waals surface area (Å²) in [6.07, 6.45) is 6.62. The first-order chi connectivity index (χ1) is 11.2. The van der Waals surface area contributed by atoms with Gasteiger partial charge >= 0.3 is 0 Å². The van der Waals surface area contributed by atoms with E-state index in [0.717, 1.165) is 31.2 Å². The second-order valence-electron chi connectivity index (χ2n) is 6.12. The lowest BCUT2D eigenvalue weighted by Crippen LogP contribution is -2.28. The quantitative estimate of drug-likeness (QED) is 0.931. The van der Waals surface area contributed by atoms with Crippen LogP contribution < -0.4 is 10.2 Å². The van der Waals surface area contributed by atoms with Crippen LogP contribution in [0.25, 0.3) is 0 Å². The van der Waals surface area contributed by atoms with Crippen LogP contribution in [0.1, 0.15) is 30.9 Å². The van der Waals surface area contributed by atoms with Gasteiger partial charge in [-0.1, -0.05) is 11.6 Å². The summed E-state index contributed by atoms with van der Waals surface area (Å²) < 4.78 is 13.8. The summed E-state index contributed by atoms with van der Waals surface area (Å²) in [5.74, 6) is 1.20. The summed E-state index contributed by atoms with van der Waals surface area (Å²) in [4.78, 5) is 15.2. The van der Waals surface area contributed by atoms with Gasteiger partial charge in [-0.3, -0.25) is 0 Å². The predicted molar refractivity (Wildman–Crippen MR) is 87.5 cm³/mol. The molecule has 2 fully saturated rings. The molecule has 3 heterocycles. The molecule has 5 nitrogen and oxygen atoms in total. The standard InChI is InChI=1S/C16H17ClFN5/c17-11-7-13(18)15(20-8-11)21-12-4-6-23(9-12)16-19-5-3-14(22-16)10-1-2-10/h3,5,7-8,10,12H,1-2,4,6,9H2,(H,20,21). The van der Waals surface area contributed by atoms with Gasteiger partial charge in [0.05, 0.1) is 5.02 Å². The fourth-order valence-electron chi connectivity index (χ4n) is 2.89. The molecule has 2 aromatic heterocycles. The highest BCUT2D eigenvalue weighted by molar-refractivity contribution is 6.30. The zero-order chi connectivity index (χ0) is 15.8. The van der Waals surface area contributed by atoms with Crippen LogP contribution in [0.5, 0.6) is 0 Å². The van der Waals surface area contributed by atoms with Crippen LogP contribution in [0.3, 0.4) is 0 Å². The highest BCUT2D eigenvalue weighted by atomic mass is 35.5. The molecule has 0 aromatic carbocycles. The number of pyridine rings is 1. The molecule has 0 amide bonds. The van der Waals surface area contributed by atoms with E-state index in [0.29, 0.717) is 10.9 Å². The predicted octanol–water partition coefficient (Wildman–Crippen LogP) is 3.23. The molecular weight excluding hydrogens is 317 g/mol. The summed E-state index contributed by atoms with van der Waals surface area (Å²) in [7, 11) is 0. The lowest BCUT2D eigenvalue weighted by atomic mass is 10.2. The zero-order valence-electron chi connectivity index (χ0n) is 12.5. The first kappa shape index (κ1) is 14.6. The number of nitrogens with one attached hydrogen (secondary N) is 1. The largest absolute Gasteiger partial charge is 0.363 e. The minimum absolute atomic E-state index is 0.117. The maximum Gasteiger partial charge on any atom is 0.225 e. The first-order valence-corrected chi connectivity index (χ1v) is 8.22. The maximum absolute atomic E-state index is 13.8. The summed E-state index contributed by atoms with van der Waals surface area (Å²) in [5, 5.41) is 3.44. The van der Waals surface area contributed by atoms with Gasteiger partial charge in [0.1, 0.15) is 0 Å². The molecule has 0 radical (unpaired) electrons. The lowest BCUT2D eigenvalue weighted by Gasteiger charge is -2.18. The molecule has 1 saturated heterocycles. The topological polar surface area (TPSA) is 53.9 Å². The Kier molecular flexibility index (Phi) is 3.77. The van der Waals surface area contributed by atoms with Crippen molar-refractivity contribution in [3.8, 4) is 0 Å². The Hall–Kier alpha value is -1.95. The molecule has 1 N–H and O–H groups in total. The number of aromatic nitrogens is 3. The normalized spacial score (nSPS) is 20.8.